The average Bonchev–Trinajstić information content (AvgIpc) is 3.47. The molecule has 0 aliphatic heterocycles. The van der Waals surface area contributed by atoms with Gasteiger partial charge in [0, 0.05) is 19.3 Å². The van der Waals surface area contributed by atoms with Gasteiger partial charge in [-0.3, -0.25) is 14.4 Å². The number of rotatable bonds is 70. The topological polar surface area (TPSA) is 78.9 Å². The van der Waals surface area contributed by atoms with Crippen molar-refractivity contribution >= 4 is 17.9 Å². The Kier molecular flexibility index (Phi) is 69.5. The fourth-order valence-electron chi connectivity index (χ4n) is 11.6. The van der Waals surface area contributed by atoms with E-state index in [4.69, 9.17) is 14.2 Å². The van der Waals surface area contributed by atoms with Gasteiger partial charge in [-0.25, -0.2) is 0 Å². The summed E-state index contributed by atoms with van der Waals surface area (Å²) in [6.45, 7) is 6.71. The predicted molar refractivity (Wildman–Crippen MR) is 358 cm³/mol. The molecule has 0 amide bonds. The maximum Gasteiger partial charge on any atom is 0.306 e. The highest BCUT2D eigenvalue weighted by Crippen LogP contribution is 2.19. The van der Waals surface area contributed by atoms with Crippen molar-refractivity contribution in [3.8, 4) is 0 Å². The first-order valence-electron chi connectivity index (χ1n) is 37.3. The summed E-state index contributed by atoms with van der Waals surface area (Å²) in [4.78, 5) is 38.4. The number of ether oxygens (including phenoxy) is 3. The molecule has 82 heavy (non-hydrogen) atoms. The monoisotopic (exact) mass is 1150 g/mol. The molecule has 0 aromatic heterocycles. The van der Waals surface area contributed by atoms with Crippen LogP contribution in [0.2, 0.25) is 0 Å². The number of carbonyl (C=O) groups is 3. The van der Waals surface area contributed by atoms with Crippen molar-refractivity contribution in [2.24, 2.45) is 0 Å². The molecule has 0 aromatic rings. The van der Waals surface area contributed by atoms with E-state index in [0.29, 0.717) is 19.3 Å². The highest BCUT2D eigenvalue weighted by molar-refractivity contribution is 5.71. The van der Waals surface area contributed by atoms with E-state index in [2.05, 4.69) is 45.1 Å². The van der Waals surface area contributed by atoms with Gasteiger partial charge in [0.25, 0.3) is 0 Å². The van der Waals surface area contributed by atoms with Crippen LogP contribution in [-0.4, -0.2) is 37.2 Å². The highest BCUT2D eigenvalue weighted by Gasteiger charge is 2.20. The molecule has 6 heteroatoms. The molecular formula is C76H144O6. The van der Waals surface area contributed by atoms with E-state index in [9.17, 15) is 14.4 Å². The zero-order valence-corrected chi connectivity index (χ0v) is 55.8. The molecule has 0 bridgehead atoms. The molecular weight excluding hydrogens is 1010 g/mol. The van der Waals surface area contributed by atoms with Crippen molar-refractivity contribution in [3.05, 3.63) is 24.3 Å². The molecule has 0 aliphatic carbocycles. The predicted octanol–water partition coefficient (Wildman–Crippen LogP) is 25.7. The van der Waals surface area contributed by atoms with Crippen LogP contribution in [0.3, 0.4) is 0 Å². The van der Waals surface area contributed by atoms with Gasteiger partial charge in [-0.2, -0.15) is 0 Å². The second kappa shape index (κ2) is 71.4. The third kappa shape index (κ3) is 68.7. The van der Waals surface area contributed by atoms with Crippen molar-refractivity contribution in [3.63, 3.8) is 0 Å². The number of esters is 3. The molecule has 0 spiro atoms. The number of hydrogen-bond donors (Lipinski definition) is 0. The van der Waals surface area contributed by atoms with Crippen LogP contribution in [0.5, 0.6) is 0 Å². The van der Waals surface area contributed by atoms with Gasteiger partial charge in [0.2, 0.25) is 0 Å². The zero-order valence-electron chi connectivity index (χ0n) is 55.8. The van der Waals surface area contributed by atoms with Gasteiger partial charge in [-0.05, 0) is 51.4 Å². The first-order valence-corrected chi connectivity index (χ1v) is 37.3. The maximum absolute atomic E-state index is 12.9. The normalized spacial score (nSPS) is 12.1. The fraction of sp³-hybridized carbons (Fsp3) is 0.908. The molecule has 0 radical (unpaired) electrons. The van der Waals surface area contributed by atoms with Crippen molar-refractivity contribution in [2.75, 3.05) is 13.2 Å². The van der Waals surface area contributed by atoms with Crippen molar-refractivity contribution in [2.45, 2.75) is 431 Å². The summed E-state index contributed by atoms with van der Waals surface area (Å²) in [7, 11) is 0. The number of carbonyl (C=O) groups excluding carboxylic acids is 3. The number of hydrogen-bond acceptors (Lipinski definition) is 6. The van der Waals surface area contributed by atoms with E-state index in [-0.39, 0.29) is 31.1 Å². The Morgan fingerprint density at radius 2 is 0.439 bits per heavy atom. The van der Waals surface area contributed by atoms with Crippen LogP contribution in [0.4, 0.5) is 0 Å². The van der Waals surface area contributed by atoms with E-state index < -0.39 is 6.10 Å². The smallest absolute Gasteiger partial charge is 0.306 e. The van der Waals surface area contributed by atoms with Crippen LogP contribution >= 0.6 is 0 Å². The molecule has 0 saturated carbocycles. The van der Waals surface area contributed by atoms with E-state index in [0.717, 1.165) is 64.2 Å². The SMILES string of the molecule is CCCCCCC/C=C\C/C=C\CCCCCCCCCCCCCCCCCCCCCCCCCC(=O)OCC(COC(=O)CCCCCCCCCCCCCCC)OC(=O)CCCCCCCCCCCCCCCCCC. The molecule has 1 unspecified atom stereocenters. The molecule has 0 heterocycles. The molecule has 0 aliphatic rings. The van der Waals surface area contributed by atoms with Gasteiger partial charge < -0.3 is 14.2 Å². The first kappa shape index (κ1) is 79.9. The van der Waals surface area contributed by atoms with Gasteiger partial charge in [0.15, 0.2) is 6.10 Å². The lowest BCUT2D eigenvalue weighted by Crippen LogP contribution is -2.30. The first-order chi connectivity index (χ1) is 40.5. The Labute approximate surface area is 513 Å². The molecule has 6 nitrogen and oxygen atoms in total. The Balaban J connectivity index is 4.04. The van der Waals surface area contributed by atoms with Crippen LogP contribution in [0, 0.1) is 0 Å². The number of allylic oxidation sites excluding steroid dienone is 4. The minimum absolute atomic E-state index is 0.0624. The lowest BCUT2D eigenvalue weighted by atomic mass is 10.0. The van der Waals surface area contributed by atoms with Gasteiger partial charge in [0.1, 0.15) is 13.2 Å². The van der Waals surface area contributed by atoms with Gasteiger partial charge in [-0.1, -0.05) is 379 Å². The molecule has 484 valence electrons. The minimum Gasteiger partial charge on any atom is -0.462 e. The summed E-state index contributed by atoms with van der Waals surface area (Å²) in [5, 5.41) is 0. The average molecular weight is 1150 g/mol. The lowest BCUT2D eigenvalue weighted by Gasteiger charge is -2.18. The summed E-state index contributed by atoms with van der Waals surface area (Å²) in [6.07, 6.45) is 88.1. The molecule has 0 N–H and O–H groups in total. The van der Waals surface area contributed by atoms with E-state index in [1.54, 1.807) is 0 Å². The third-order valence-electron chi connectivity index (χ3n) is 17.2. The molecule has 0 fully saturated rings. The Hall–Kier alpha value is -2.11. The second-order valence-corrected chi connectivity index (χ2v) is 25.6. The number of unbranched alkanes of at least 4 members (excludes halogenated alkanes) is 55. The molecule has 0 saturated heterocycles. The summed E-state index contributed by atoms with van der Waals surface area (Å²) in [5.74, 6) is -0.826. The standard InChI is InChI=1S/C76H144O6/c1-4-7-10-13-16-19-22-25-27-29-30-31-32-33-34-35-36-37-38-39-40-41-42-43-44-45-46-47-49-51-54-57-60-63-66-69-75(78)81-72-73(71-80-74(77)68-65-62-59-56-53-50-24-21-18-15-12-9-6-3)82-76(79)70-67-64-61-58-55-52-48-28-26-23-20-17-14-11-8-5-2/h22,25,29-30,73H,4-21,23-24,26-28,31-72H2,1-3H3/b25-22-,30-29-. The van der Waals surface area contributed by atoms with Gasteiger partial charge in [-0.15, -0.1) is 0 Å². The Morgan fingerprint density at radius 1 is 0.244 bits per heavy atom. The molecule has 0 rings (SSSR count). The van der Waals surface area contributed by atoms with Crippen LogP contribution in [0.15, 0.2) is 24.3 Å². The zero-order chi connectivity index (χ0) is 59.2. The van der Waals surface area contributed by atoms with Gasteiger partial charge in [0.05, 0.1) is 0 Å². The highest BCUT2D eigenvalue weighted by atomic mass is 16.6. The van der Waals surface area contributed by atoms with Crippen LogP contribution < -0.4 is 0 Å². The van der Waals surface area contributed by atoms with E-state index >= 15 is 0 Å². The fourth-order valence-corrected chi connectivity index (χ4v) is 11.6. The molecule has 1 atom stereocenters. The van der Waals surface area contributed by atoms with E-state index in [1.165, 1.54) is 321 Å². The van der Waals surface area contributed by atoms with E-state index in [1.807, 2.05) is 0 Å². The van der Waals surface area contributed by atoms with Crippen molar-refractivity contribution < 1.29 is 28.6 Å². The maximum atomic E-state index is 12.9. The van der Waals surface area contributed by atoms with Crippen molar-refractivity contribution in [1.29, 1.82) is 0 Å². The second-order valence-electron chi connectivity index (χ2n) is 25.6. The summed E-state index contributed by atoms with van der Waals surface area (Å²) < 4.78 is 17.0. The summed E-state index contributed by atoms with van der Waals surface area (Å²) in [5.41, 5.74) is 0. The largest absolute Gasteiger partial charge is 0.462 e. The van der Waals surface area contributed by atoms with Gasteiger partial charge >= 0.3 is 17.9 Å². The Morgan fingerprint density at radius 3 is 0.671 bits per heavy atom. The molecule has 0 aromatic carbocycles. The van der Waals surface area contributed by atoms with Crippen LogP contribution in [0.1, 0.15) is 425 Å². The summed E-state index contributed by atoms with van der Waals surface area (Å²) in [6, 6.07) is 0. The van der Waals surface area contributed by atoms with Crippen LogP contribution in [0.25, 0.3) is 0 Å². The third-order valence-corrected chi connectivity index (χ3v) is 17.2. The Bertz CT molecular complexity index is 1320. The van der Waals surface area contributed by atoms with Crippen LogP contribution in [-0.2, 0) is 28.6 Å². The summed E-state index contributed by atoms with van der Waals surface area (Å²) >= 11 is 0. The van der Waals surface area contributed by atoms with Crippen molar-refractivity contribution in [1.82, 2.24) is 0 Å². The quantitative estimate of drug-likeness (QED) is 0.0261. The lowest BCUT2D eigenvalue weighted by molar-refractivity contribution is -0.167. The minimum atomic E-state index is -0.765.